The summed E-state index contributed by atoms with van der Waals surface area (Å²) in [5.74, 6) is -1.25. The van der Waals surface area contributed by atoms with Crippen LogP contribution in [0.3, 0.4) is 0 Å². The molecule has 0 aliphatic carbocycles. The number of likely N-dealkylation sites (tertiary alicyclic amines) is 1. The summed E-state index contributed by atoms with van der Waals surface area (Å²) in [6.07, 6.45) is 2.54. The van der Waals surface area contributed by atoms with Gasteiger partial charge in [-0.1, -0.05) is 0 Å². The van der Waals surface area contributed by atoms with Gasteiger partial charge in [0.25, 0.3) is 0 Å². The first-order chi connectivity index (χ1) is 8.67. The van der Waals surface area contributed by atoms with E-state index in [1.807, 2.05) is 4.90 Å². The Labute approximate surface area is 110 Å². The first-order valence-electron chi connectivity index (χ1n) is 5.51. The summed E-state index contributed by atoms with van der Waals surface area (Å²) in [5.41, 5.74) is -0.194. The molecule has 0 aromatic heterocycles. The summed E-state index contributed by atoms with van der Waals surface area (Å²) in [5, 5.41) is 0. The van der Waals surface area contributed by atoms with E-state index in [0.717, 1.165) is 25.9 Å². The number of aliphatic imine (C=N–C) groups is 1. The van der Waals surface area contributed by atoms with E-state index < -0.39 is 11.9 Å². The number of ether oxygens (including phenoxy) is 1. The second-order valence-electron chi connectivity index (χ2n) is 3.85. The molecular formula is C11H12N2O4Se. The van der Waals surface area contributed by atoms with Gasteiger partial charge in [0.05, 0.1) is 0 Å². The molecule has 96 valence electrons. The van der Waals surface area contributed by atoms with Crippen molar-refractivity contribution in [3.8, 4) is 0 Å². The normalized spacial score (nSPS) is 21.9. The van der Waals surface area contributed by atoms with Crippen molar-refractivity contribution in [3.63, 3.8) is 0 Å². The maximum absolute atomic E-state index is 11.7. The second-order valence-corrected chi connectivity index (χ2v) is 5.90. The van der Waals surface area contributed by atoms with Gasteiger partial charge >= 0.3 is 110 Å². The Balaban J connectivity index is 2.23. The van der Waals surface area contributed by atoms with Gasteiger partial charge in [-0.2, -0.15) is 0 Å². The number of hydrogen-bond acceptors (Lipinski definition) is 5. The van der Waals surface area contributed by atoms with Crippen molar-refractivity contribution < 1.29 is 19.1 Å². The van der Waals surface area contributed by atoms with E-state index in [4.69, 9.17) is 0 Å². The van der Waals surface area contributed by atoms with Crippen LogP contribution in [0.5, 0.6) is 0 Å². The molecule has 2 aliphatic rings. The molecule has 0 N–H and O–H groups in total. The Bertz CT molecular complexity index is 464. The van der Waals surface area contributed by atoms with Gasteiger partial charge in [-0.15, -0.1) is 0 Å². The van der Waals surface area contributed by atoms with Crippen LogP contribution in [0.15, 0.2) is 15.0 Å². The van der Waals surface area contributed by atoms with Crippen LogP contribution in [-0.2, 0) is 19.1 Å². The zero-order chi connectivity index (χ0) is 13.1. The van der Waals surface area contributed by atoms with Crippen molar-refractivity contribution in [2.24, 2.45) is 4.99 Å². The molecule has 2 rings (SSSR count). The van der Waals surface area contributed by atoms with Crippen molar-refractivity contribution in [1.29, 1.82) is 0 Å². The molecule has 0 aromatic rings. The quantitative estimate of drug-likeness (QED) is 0.168. The van der Waals surface area contributed by atoms with Gasteiger partial charge in [0.2, 0.25) is 0 Å². The van der Waals surface area contributed by atoms with Crippen LogP contribution in [0.2, 0.25) is 0 Å². The van der Waals surface area contributed by atoms with Gasteiger partial charge in [-0.3, -0.25) is 0 Å². The van der Waals surface area contributed by atoms with E-state index in [9.17, 15) is 14.4 Å². The number of aldehydes is 1. The third-order valence-electron chi connectivity index (χ3n) is 2.73. The molecule has 0 unspecified atom stereocenters. The molecule has 1 fully saturated rings. The molecule has 2 heterocycles. The number of hydrogen-bond donors (Lipinski definition) is 0. The molecule has 0 saturated carbocycles. The van der Waals surface area contributed by atoms with E-state index in [2.05, 4.69) is 9.73 Å². The maximum atomic E-state index is 11.7. The monoisotopic (exact) mass is 316 g/mol. The van der Waals surface area contributed by atoms with Gasteiger partial charge in [0, 0.05) is 0 Å². The number of amidine groups is 1. The van der Waals surface area contributed by atoms with E-state index >= 15 is 0 Å². The van der Waals surface area contributed by atoms with Crippen LogP contribution in [0.25, 0.3) is 0 Å². The fraction of sp³-hybridized carbons (Fsp3) is 0.455. The van der Waals surface area contributed by atoms with Gasteiger partial charge in [0.1, 0.15) is 0 Å². The molecular weight excluding hydrogens is 303 g/mol. The molecule has 6 nitrogen and oxygen atoms in total. The number of carbonyl (C=O) groups is 3. The number of carbonyl (C=O) groups excluding carboxylic acids is 3. The average Bonchev–Trinajstić information content (AvgIpc) is 3.00. The molecule has 0 radical (unpaired) electrons. The Kier molecular flexibility index (Phi) is 3.93. The van der Waals surface area contributed by atoms with Crippen molar-refractivity contribution in [2.45, 2.75) is 12.8 Å². The second kappa shape index (κ2) is 5.46. The van der Waals surface area contributed by atoms with E-state index in [1.165, 1.54) is 7.11 Å². The van der Waals surface area contributed by atoms with Crippen LogP contribution < -0.4 is 0 Å². The molecule has 2 aliphatic heterocycles. The molecule has 1 saturated heterocycles. The minimum absolute atomic E-state index is 0.194. The van der Waals surface area contributed by atoms with Gasteiger partial charge < -0.3 is 0 Å². The first-order valence-corrected chi connectivity index (χ1v) is 7.22. The van der Waals surface area contributed by atoms with Crippen molar-refractivity contribution in [3.05, 3.63) is 10.0 Å². The summed E-state index contributed by atoms with van der Waals surface area (Å²) < 4.78 is 5.40. The van der Waals surface area contributed by atoms with Crippen molar-refractivity contribution in [1.82, 2.24) is 4.90 Å². The summed E-state index contributed by atoms with van der Waals surface area (Å²) in [6.45, 7) is 1.77. The fourth-order valence-electron chi connectivity index (χ4n) is 1.81. The summed E-state index contributed by atoms with van der Waals surface area (Å²) in [7, 11) is 1.18. The molecule has 7 heteroatoms. The topological polar surface area (TPSA) is 76.0 Å². The van der Waals surface area contributed by atoms with Crippen LogP contribution in [-0.4, -0.2) is 63.0 Å². The molecule has 0 spiro atoms. The van der Waals surface area contributed by atoms with Gasteiger partial charge in [-0.05, 0) is 0 Å². The molecule has 0 atom stereocenters. The number of rotatable bonds is 2. The molecule has 18 heavy (non-hydrogen) atoms. The molecule has 0 bridgehead atoms. The third kappa shape index (κ3) is 2.37. The number of nitrogens with zero attached hydrogens (tertiary/aromatic N) is 2. The Morgan fingerprint density at radius 3 is 2.67 bits per heavy atom. The number of methoxy groups -OCH3 is 1. The molecule has 1 amide bonds. The van der Waals surface area contributed by atoms with E-state index in [1.54, 1.807) is 0 Å². The van der Waals surface area contributed by atoms with Crippen LogP contribution in [0, 0.1) is 0 Å². The zero-order valence-electron chi connectivity index (χ0n) is 9.84. The average molecular weight is 315 g/mol. The number of esters is 1. The van der Waals surface area contributed by atoms with Crippen LogP contribution in [0.1, 0.15) is 12.8 Å². The van der Waals surface area contributed by atoms with E-state index in [-0.39, 0.29) is 25.0 Å². The predicted molar refractivity (Wildman–Crippen MR) is 64.1 cm³/mol. The Hall–Kier alpha value is -1.46. The standard InChI is InChI=1S/C11H12N2O4Se/c1-17-10(16)7(6-14)8-9(15)12-11(18-8)13-4-2-3-5-13/h6H,2-5H2,1H3/b8-7-. The Morgan fingerprint density at radius 1 is 1.44 bits per heavy atom. The van der Waals surface area contributed by atoms with Crippen molar-refractivity contribution in [2.75, 3.05) is 20.2 Å². The van der Waals surface area contributed by atoms with E-state index in [0.29, 0.717) is 11.0 Å². The van der Waals surface area contributed by atoms with Gasteiger partial charge in [-0.25, -0.2) is 0 Å². The Morgan fingerprint density at radius 2 is 2.11 bits per heavy atom. The van der Waals surface area contributed by atoms with Gasteiger partial charge in [0.15, 0.2) is 0 Å². The molecule has 0 aromatic carbocycles. The van der Waals surface area contributed by atoms with Crippen LogP contribution in [0.4, 0.5) is 0 Å². The summed E-state index contributed by atoms with van der Waals surface area (Å²) in [6, 6.07) is 0. The van der Waals surface area contributed by atoms with Crippen LogP contribution >= 0.6 is 0 Å². The third-order valence-corrected chi connectivity index (χ3v) is 5.10. The first kappa shape index (κ1) is 13.0. The minimum atomic E-state index is -0.770. The zero-order valence-corrected chi connectivity index (χ0v) is 11.6. The SMILES string of the molecule is COC(=O)/C(C=O)=C1\[Se]C(N2CCCC2)=NC1=O. The summed E-state index contributed by atoms with van der Waals surface area (Å²) >= 11 is -0.383. The summed E-state index contributed by atoms with van der Waals surface area (Å²) in [4.78, 5) is 40.0. The predicted octanol–water partition coefficient (Wildman–Crippen LogP) is -0.691. The van der Waals surface area contributed by atoms with Crippen molar-refractivity contribution >= 4 is 37.9 Å². The fourth-order valence-corrected chi connectivity index (χ4v) is 3.91. The number of amides is 1.